The van der Waals surface area contributed by atoms with Crippen molar-refractivity contribution in [1.82, 2.24) is 0 Å². The molecule has 0 fully saturated rings. The average molecular weight is 741 g/mol. The van der Waals surface area contributed by atoms with E-state index in [0.717, 1.165) is 82.3 Å². The first-order valence-corrected chi connectivity index (χ1v) is 21.5. The number of nitrogens with one attached hydrogen (secondary N) is 1. The molecule has 2 aromatic rings. The fourth-order valence-corrected chi connectivity index (χ4v) is 7.03. The van der Waals surface area contributed by atoms with Crippen LogP contribution in [0.5, 0.6) is 5.75 Å². The van der Waals surface area contributed by atoms with Gasteiger partial charge in [0.15, 0.2) is 0 Å². The zero-order chi connectivity index (χ0) is 39.7. The molecular weight excluding hydrogens is 669 g/mol. The van der Waals surface area contributed by atoms with Crippen LogP contribution < -0.4 is 15.0 Å². The number of ether oxygens (including phenoxy) is 1. The van der Waals surface area contributed by atoms with Crippen LogP contribution in [-0.4, -0.2) is 25.6 Å². The number of nitriles is 2. The molecule has 0 saturated carbocycles. The Bertz CT molecular complexity index is 1470. The number of hydrogen-bond donors (Lipinski definition) is 1. The summed E-state index contributed by atoms with van der Waals surface area (Å²) >= 11 is 0. The normalized spacial score (nSPS) is 13.5. The van der Waals surface area contributed by atoms with Crippen LogP contribution in [0.3, 0.4) is 0 Å². The molecule has 4 unspecified atom stereocenters. The number of rotatable bonds is 28. The quantitative estimate of drug-likeness (QED) is 0.0872. The topological polar surface area (TPSA) is 114 Å². The number of amides is 1. The van der Waals surface area contributed by atoms with Crippen molar-refractivity contribution in [2.24, 2.45) is 33.9 Å². The van der Waals surface area contributed by atoms with E-state index in [1.807, 2.05) is 6.07 Å². The number of benzene rings is 2. The summed E-state index contributed by atoms with van der Waals surface area (Å²) in [5.74, 6) is 2.12. The molecule has 54 heavy (non-hydrogen) atoms. The van der Waals surface area contributed by atoms with Gasteiger partial charge in [-0.25, -0.2) is 0 Å². The monoisotopic (exact) mass is 741 g/mol. The molecule has 0 aliphatic heterocycles. The van der Waals surface area contributed by atoms with Gasteiger partial charge < -0.3 is 15.0 Å². The fraction of sp³-hybridized carbons (Fsp3) is 0.674. The van der Waals surface area contributed by atoms with E-state index >= 15 is 0 Å². The van der Waals surface area contributed by atoms with Gasteiger partial charge in [0, 0.05) is 25.1 Å². The molecule has 8 heteroatoms. The van der Waals surface area contributed by atoms with Crippen LogP contribution in [0.25, 0.3) is 0 Å². The zero-order valence-corrected chi connectivity index (χ0v) is 35.2. The third-order valence-corrected chi connectivity index (χ3v) is 11.0. The first-order chi connectivity index (χ1) is 26.2. The highest BCUT2D eigenvalue weighted by atomic mass is 16.5. The molecule has 2 rings (SSSR count). The molecule has 0 saturated heterocycles. The minimum atomic E-state index is -0.116. The van der Waals surface area contributed by atoms with E-state index in [4.69, 9.17) is 9.85 Å². The molecule has 0 heterocycles. The van der Waals surface area contributed by atoms with Gasteiger partial charge in [0.1, 0.15) is 23.2 Å². The van der Waals surface area contributed by atoms with Crippen molar-refractivity contribution in [3.63, 3.8) is 0 Å². The predicted octanol–water partition coefficient (Wildman–Crippen LogP) is 13.8. The predicted molar refractivity (Wildman–Crippen MR) is 226 cm³/mol. The summed E-state index contributed by atoms with van der Waals surface area (Å²) in [5.41, 5.74) is 3.10. The summed E-state index contributed by atoms with van der Waals surface area (Å²) in [6, 6.07) is 13.1. The Labute approximate surface area is 329 Å². The summed E-state index contributed by atoms with van der Waals surface area (Å²) in [7, 11) is 0. The van der Waals surface area contributed by atoms with Crippen molar-refractivity contribution in [2.75, 3.05) is 29.9 Å². The highest BCUT2D eigenvalue weighted by Gasteiger charge is 2.25. The molecule has 1 N–H and O–H groups in total. The maximum atomic E-state index is 14.0. The Kier molecular flexibility index (Phi) is 22.9. The Morgan fingerprint density at radius 1 is 0.704 bits per heavy atom. The second-order valence-electron chi connectivity index (χ2n) is 15.2. The second-order valence-corrected chi connectivity index (χ2v) is 15.2. The standard InChI is InChI=1S/C46H72N6O2/c1-9-17-21-35(13-5)32-52(33-36(14-6)22-18-10-2)44-28-42(49-46(53)39(16-8)24-20-12-4)43(29-45(44)54-34-37(15-7)23-19-11-3)51-50-41-26-25-38(30-47)27-40(41)31-48/h25-29,35-37,39H,9-24,32-34H2,1-8H3,(H,49,53). The van der Waals surface area contributed by atoms with Crippen molar-refractivity contribution in [3.8, 4) is 17.9 Å². The molecule has 0 radical (unpaired) electrons. The third-order valence-electron chi connectivity index (χ3n) is 11.0. The van der Waals surface area contributed by atoms with Crippen molar-refractivity contribution >= 4 is 28.7 Å². The van der Waals surface area contributed by atoms with Gasteiger partial charge in [-0.2, -0.15) is 10.5 Å². The van der Waals surface area contributed by atoms with Crippen LogP contribution in [0.1, 0.15) is 169 Å². The average Bonchev–Trinajstić information content (AvgIpc) is 3.20. The lowest BCUT2D eigenvalue weighted by molar-refractivity contribution is -0.120. The summed E-state index contributed by atoms with van der Waals surface area (Å²) in [6.45, 7) is 20.3. The van der Waals surface area contributed by atoms with E-state index in [1.165, 1.54) is 51.0 Å². The van der Waals surface area contributed by atoms with Crippen LogP contribution in [0.4, 0.5) is 22.7 Å². The van der Waals surface area contributed by atoms with Crippen molar-refractivity contribution < 1.29 is 9.53 Å². The molecule has 0 aliphatic rings. The molecule has 0 bridgehead atoms. The number of azo groups is 1. The molecule has 298 valence electrons. The number of unbranched alkanes of at least 4 members (excludes halogenated alkanes) is 4. The molecule has 1 amide bonds. The van der Waals surface area contributed by atoms with Crippen LogP contribution in [0, 0.1) is 46.3 Å². The highest BCUT2D eigenvalue weighted by molar-refractivity contribution is 5.96. The van der Waals surface area contributed by atoms with Crippen LogP contribution in [0.2, 0.25) is 0 Å². The Balaban J connectivity index is 2.89. The number of carbonyl (C=O) groups is 1. The van der Waals surface area contributed by atoms with Gasteiger partial charge >= 0.3 is 0 Å². The second kappa shape index (κ2) is 26.8. The Morgan fingerprint density at radius 3 is 1.78 bits per heavy atom. The number of nitrogens with zero attached hydrogens (tertiary/aromatic N) is 5. The van der Waals surface area contributed by atoms with Crippen LogP contribution >= 0.6 is 0 Å². The smallest absolute Gasteiger partial charge is 0.227 e. The third kappa shape index (κ3) is 15.4. The maximum Gasteiger partial charge on any atom is 0.227 e. The first kappa shape index (κ1) is 46.2. The highest BCUT2D eigenvalue weighted by Crippen LogP contribution is 2.42. The lowest BCUT2D eigenvalue weighted by Crippen LogP contribution is -2.34. The number of hydrogen-bond acceptors (Lipinski definition) is 7. The largest absolute Gasteiger partial charge is 0.491 e. The van der Waals surface area contributed by atoms with E-state index in [1.54, 1.807) is 12.1 Å². The number of carbonyl (C=O) groups excluding carboxylic acids is 1. The lowest BCUT2D eigenvalue weighted by Gasteiger charge is -2.34. The summed E-state index contributed by atoms with van der Waals surface area (Å²) in [4.78, 5) is 16.5. The van der Waals surface area contributed by atoms with Crippen molar-refractivity contribution in [3.05, 3.63) is 41.5 Å². The fourth-order valence-electron chi connectivity index (χ4n) is 7.03. The molecule has 2 aromatic carbocycles. The molecule has 0 spiro atoms. The molecule has 8 nitrogen and oxygen atoms in total. The zero-order valence-electron chi connectivity index (χ0n) is 35.2. The van der Waals surface area contributed by atoms with E-state index in [2.05, 4.69) is 88.9 Å². The molecule has 0 aliphatic carbocycles. The minimum Gasteiger partial charge on any atom is -0.491 e. The van der Waals surface area contributed by atoms with Gasteiger partial charge in [-0.1, -0.05) is 126 Å². The molecule has 0 aromatic heterocycles. The van der Waals surface area contributed by atoms with Crippen molar-refractivity contribution in [2.45, 2.75) is 158 Å². The SMILES string of the molecule is CCCCC(CC)COc1cc(N=Nc2ccc(C#N)cc2C#N)c(NC(=O)C(CC)CCCC)cc1N(CC(CC)CCCC)CC(CC)CCCC. The first-order valence-electron chi connectivity index (χ1n) is 21.5. The number of anilines is 2. The minimum absolute atomic E-state index is 0.0148. The van der Waals surface area contributed by atoms with Crippen LogP contribution in [0.15, 0.2) is 40.6 Å². The van der Waals surface area contributed by atoms with Gasteiger partial charge in [-0.05, 0) is 74.1 Å². The molecular formula is C46H72N6O2. The van der Waals surface area contributed by atoms with E-state index in [-0.39, 0.29) is 17.4 Å². The summed E-state index contributed by atoms with van der Waals surface area (Å²) in [5, 5.41) is 31.8. The summed E-state index contributed by atoms with van der Waals surface area (Å²) in [6.07, 6.45) is 17.4. The lowest BCUT2D eigenvalue weighted by atomic mass is 9.95. The maximum absolute atomic E-state index is 14.0. The van der Waals surface area contributed by atoms with Gasteiger partial charge in [-0.3, -0.25) is 4.79 Å². The van der Waals surface area contributed by atoms with Crippen molar-refractivity contribution in [1.29, 1.82) is 10.5 Å². The molecule has 4 atom stereocenters. The van der Waals surface area contributed by atoms with Gasteiger partial charge in [0.2, 0.25) is 5.91 Å². The van der Waals surface area contributed by atoms with E-state index in [9.17, 15) is 15.3 Å². The Hall–Kier alpha value is -3.91. The summed E-state index contributed by atoms with van der Waals surface area (Å²) < 4.78 is 6.87. The van der Waals surface area contributed by atoms with Crippen LogP contribution in [-0.2, 0) is 4.79 Å². The van der Waals surface area contributed by atoms with Gasteiger partial charge in [-0.15, -0.1) is 10.2 Å². The van der Waals surface area contributed by atoms with E-state index in [0.29, 0.717) is 47.0 Å². The van der Waals surface area contributed by atoms with E-state index < -0.39 is 0 Å². The van der Waals surface area contributed by atoms with Gasteiger partial charge in [0.05, 0.1) is 35.2 Å². The van der Waals surface area contributed by atoms with Gasteiger partial charge in [0.25, 0.3) is 0 Å². The Morgan fingerprint density at radius 2 is 1.26 bits per heavy atom.